The Hall–Kier alpha value is -3.72. The number of carbonyl (C=O) groups is 2. The van der Waals surface area contributed by atoms with Gasteiger partial charge in [-0.2, -0.15) is 0 Å². The van der Waals surface area contributed by atoms with Crippen molar-refractivity contribution in [2.75, 3.05) is 34.6 Å². The lowest BCUT2D eigenvalue weighted by Gasteiger charge is -2.40. The second-order valence-corrected chi connectivity index (χ2v) is 7.85. The molecule has 5 rings (SSSR count). The van der Waals surface area contributed by atoms with Crippen LogP contribution in [0.2, 0.25) is 0 Å². The SMILES string of the molecule is COc1ccc2c(c1OC)CC1c3c(cc4c(c3-2)OCO4)CCN1C.O=C(O)/C=C/C(=O)O. The highest BCUT2D eigenvalue weighted by Crippen LogP contribution is 2.56. The summed E-state index contributed by atoms with van der Waals surface area (Å²) in [5.41, 5.74) is 6.29. The Morgan fingerprint density at radius 2 is 1.85 bits per heavy atom. The number of likely N-dealkylation sites (N-methyl/N-ethyl adjacent to an activating group) is 1. The van der Waals surface area contributed by atoms with Crippen LogP contribution in [-0.4, -0.2) is 61.7 Å². The van der Waals surface area contributed by atoms with Crippen molar-refractivity contribution >= 4 is 11.9 Å². The Labute approximate surface area is 190 Å². The van der Waals surface area contributed by atoms with E-state index in [1.54, 1.807) is 14.2 Å². The average molecular weight is 455 g/mol. The maximum Gasteiger partial charge on any atom is 0.328 e. The fourth-order valence-corrected chi connectivity index (χ4v) is 4.66. The summed E-state index contributed by atoms with van der Waals surface area (Å²) in [7, 11) is 5.58. The van der Waals surface area contributed by atoms with E-state index in [1.165, 1.54) is 27.8 Å². The van der Waals surface area contributed by atoms with Crippen molar-refractivity contribution in [2.24, 2.45) is 0 Å². The zero-order valence-corrected chi connectivity index (χ0v) is 18.6. The summed E-state index contributed by atoms with van der Waals surface area (Å²) in [5.74, 6) is 0.808. The van der Waals surface area contributed by atoms with Crippen molar-refractivity contribution in [3.8, 4) is 34.1 Å². The summed E-state index contributed by atoms with van der Waals surface area (Å²) in [5, 5.41) is 15.6. The summed E-state index contributed by atoms with van der Waals surface area (Å²) in [6.45, 7) is 1.33. The van der Waals surface area contributed by atoms with Crippen LogP contribution < -0.4 is 18.9 Å². The summed E-state index contributed by atoms with van der Waals surface area (Å²) in [6.07, 6.45) is 3.06. The first kappa shape index (κ1) is 22.5. The minimum atomic E-state index is -1.26. The van der Waals surface area contributed by atoms with Gasteiger partial charge in [-0.3, -0.25) is 4.90 Å². The molecule has 9 heteroatoms. The Kier molecular flexibility index (Phi) is 6.15. The summed E-state index contributed by atoms with van der Waals surface area (Å²) < 4.78 is 22.8. The van der Waals surface area contributed by atoms with Crippen LogP contribution in [0.3, 0.4) is 0 Å². The Morgan fingerprint density at radius 1 is 1.12 bits per heavy atom. The molecule has 2 heterocycles. The second kappa shape index (κ2) is 9.03. The fourth-order valence-electron chi connectivity index (χ4n) is 4.66. The molecule has 0 spiro atoms. The van der Waals surface area contributed by atoms with E-state index in [4.69, 9.17) is 29.2 Å². The van der Waals surface area contributed by atoms with E-state index in [0.29, 0.717) is 18.2 Å². The van der Waals surface area contributed by atoms with Gasteiger partial charge in [-0.1, -0.05) is 0 Å². The number of nitrogens with zero attached hydrogens (tertiary/aromatic N) is 1. The standard InChI is InChI=1S/C20H21NO4.C4H4O4/c1-21-7-6-11-8-16-20(25-10-24-16)18-12-4-5-15(22-2)19(23-3)13(12)9-14(21)17(11)18;5-3(6)1-2-4(7)8/h4-5,8,14H,6-7,9-10H2,1-3H3;1-2H,(H,5,6)(H,7,8)/b;2-1+. The van der Waals surface area contributed by atoms with Crippen LogP contribution in [0.1, 0.15) is 22.7 Å². The van der Waals surface area contributed by atoms with E-state index in [0.717, 1.165) is 42.4 Å². The zero-order chi connectivity index (χ0) is 23.7. The molecule has 174 valence electrons. The van der Waals surface area contributed by atoms with E-state index in [9.17, 15) is 9.59 Å². The first-order chi connectivity index (χ1) is 15.8. The van der Waals surface area contributed by atoms with Crippen molar-refractivity contribution in [3.05, 3.63) is 47.0 Å². The van der Waals surface area contributed by atoms with Crippen molar-refractivity contribution in [1.82, 2.24) is 4.90 Å². The molecule has 0 aromatic heterocycles. The van der Waals surface area contributed by atoms with Crippen molar-refractivity contribution < 1.29 is 38.7 Å². The van der Waals surface area contributed by atoms with Crippen LogP contribution in [0.15, 0.2) is 30.4 Å². The van der Waals surface area contributed by atoms with Crippen LogP contribution in [-0.2, 0) is 22.4 Å². The van der Waals surface area contributed by atoms with Gasteiger partial charge in [0.1, 0.15) is 0 Å². The molecule has 0 saturated carbocycles. The van der Waals surface area contributed by atoms with Gasteiger partial charge in [0.15, 0.2) is 23.0 Å². The van der Waals surface area contributed by atoms with Gasteiger partial charge in [0.05, 0.1) is 14.2 Å². The lowest BCUT2D eigenvalue weighted by molar-refractivity contribution is -0.134. The molecule has 0 radical (unpaired) electrons. The third kappa shape index (κ3) is 4.07. The molecular formula is C24H25NO8. The summed E-state index contributed by atoms with van der Waals surface area (Å²) >= 11 is 0. The number of aliphatic carboxylic acids is 2. The molecule has 1 atom stereocenters. The van der Waals surface area contributed by atoms with E-state index in [1.807, 2.05) is 6.07 Å². The van der Waals surface area contributed by atoms with Gasteiger partial charge >= 0.3 is 11.9 Å². The predicted molar refractivity (Wildman–Crippen MR) is 118 cm³/mol. The lowest BCUT2D eigenvalue weighted by Crippen LogP contribution is -2.35. The minimum Gasteiger partial charge on any atom is -0.493 e. The number of methoxy groups -OCH3 is 2. The number of carboxylic acid groups (broad SMARTS) is 2. The van der Waals surface area contributed by atoms with Crippen LogP contribution in [0.4, 0.5) is 0 Å². The number of carboxylic acids is 2. The first-order valence-corrected chi connectivity index (χ1v) is 10.4. The Bertz CT molecular complexity index is 1120. The van der Waals surface area contributed by atoms with Crippen molar-refractivity contribution in [3.63, 3.8) is 0 Å². The third-order valence-corrected chi connectivity index (χ3v) is 6.07. The van der Waals surface area contributed by atoms with Gasteiger partial charge in [0.25, 0.3) is 0 Å². The molecule has 9 nitrogen and oxygen atoms in total. The predicted octanol–water partition coefficient (Wildman–Crippen LogP) is 2.90. The molecule has 1 aliphatic carbocycles. The third-order valence-electron chi connectivity index (χ3n) is 6.07. The number of benzene rings is 2. The van der Waals surface area contributed by atoms with E-state index in [2.05, 4.69) is 24.1 Å². The quantitative estimate of drug-likeness (QED) is 0.672. The van der Waals surface area contributed by atoms with Crippen LogP contribution in [0, 0.1) is 0 Å². The molecule has 3 aliphatic rings. The highest BCUT2D eigenvalue weighted by Gasteiger charge is 2.39. The van der Waals surface area contributed by atoms with E-state index < -0.39 is 11.9 Å². The van der Waals surface area contributed by atoms with Crippen LogP contribution in [0.25, 0.3) is 11.1 Å². The monoisotopic (exact) mass is 455 g/mol. The number of fused-ring (bicyclic) bond motifs is 4. The highest BCUT2D eigenvalue weighted by atomic mass is 16.7. The highest BCUT2D eigenvalue weighted by molar-refractivity contribution is 5.89. The largest absolute Gasteiger partial charge is 0.493 e. The van der Waals surface area contributed by atoms with Gasteiger partial charge in [-0.15, -0.1) is 0 Å². The molecule has 0 fully saturated rings. The molecule has 0 bridgehead atoms. The normalized spacial score (nSPS) is 17.5. The maximum atomic E-state index is 9.55. The lowest BCUT2D eigenvalue weighted by atomic mass is 9.76. The van der Waals surface area contributed by atoms with Gasteiger partial charge in [0.2, 0.25) is 6.79 Å². The Morgan fingerprint density at radius 3 is 2.48 bits per heavy atom. The first-order valence-electron chi connectivity index (χ1n) is 10.4. The zero-order valence-electron chi connectivity index (χ0n) is 18.6. The van der Waals surface area contributed by atoms with Crippen molar-refractivity contribution in [2.45, 2.75) is 18.9 Å². The molecule has 2 aromatic rings. The molecule has 33 heavy (non-hydrogen) atoms. The number of hydrogen-bond donors (Lipinski definition) is 2. The molecule has 1 unspecified atom stereocenters. The van der Waals surface area contributed by atoms with Gasteiger partial charge in [-0.05, 0) is 54.8 Å². The number of ether oxygens (including phenoxy) is 4. The smallest absolute Gasteiger partial charge is 0.328 e. The topological polar surface area (TPSA) is 115 Å². The van der Waals surface area contributed by atoms with Crippen LogP contribution in [0.5, 0.6) is 23.0 Å². The Balaban J connectivity index is 0.000000281. The summed E-state index contributed by atoms with van der Waals surface area (Å²) in [4.78, 5) is 21.5. The van der Waals surface area contributed by atoms with Gasteiger partial charge in [0, 0.05) is 35.9 Å². The summed E-state index contributed by atoms with van der Waals surface area (Å²) in [6, 6.07) is 6.60. The fraction of sp³-hybridized carbons (Fsp3) is 0.333. The van der Waals surface area contributed by atoms with Gasteiger partial charge in [-0.25, -0.2) is 9.59 Å². The average Bonchev–Trinajstić information content (AvgIpc) is 3.27. The minimum absolute atomic E-state index is 0.286. The van der Waals surface area contributed by atoms with Crippen LogP contribution >= 0.6 is 0 Å². The molecule has 0 amide bonds. The molecular weight excluding hydrogens is 430 g/mol. The maximum absolute atomic E-state index is 9.55. The molecule has 2 aromatic carbocycles. The van der Waals surface area contributed by atoms with Crippen molar-refractivity contribution in [1.29, 1.82) is 0 Å². The number of rotatable bonds is 4. The van der Waals surface area contributed by atoms with Gasteiger partial charge < -0.3 is 29.2 Å². The molecule has 2 N–H and O–H groups in total. The van der Waals surface area contributed by atoms with E-state index >= 15 is 0 Å². The second-order valence-electron chi connectivity index (χ2n) is 7.85. The molecule has 0 saturated heterocycles. The number of hydrogen-bond acceptors (Lipinski definition) is 7. The molecule has 2 aliphatic heterocycles. The van der Waals surface area contributed by atoms with E-state index in [-0.39, 0.29) is 6.79 Å².